The molecule has 10 nitrogen and oxygen atoms in total. The van der Waals surface area contributed by atoms with Crippen molar-refractivity contribution in [3.05, 3.63) is 104 Å². The summed E-state index contributed by atoms with van der Waals surface area (Å²) in [5, 5.41) is 9.85. The van der Waals surface area contributed by atoms with Gasteiger partial charge in [-0.2, -0.15) is 0 Å². The number of thiophene rings is 1. The summed E-state index contributed by atoms with van der Waals surface area (Å²) in [6.07, 6.45) is 5.16. The summed E-state index contributed by atoms with van der Waals surface area (Å²) < 4.78 is 23.9. The molecule has 1 aliphatic heterocycles. The van der Waals surface area contributed by atoms with Crippen LogP contribution in [-0.2, 0) is 26.2 Å². The first-order valence-corrected chi connectivity index (χ1v) is 15.5. The third-order valence-electron chi connectivity index (χ3n) is 7.89. The second-order valence-corrected chi connectivity index (χ2v) is 12.2. The smallest absolute Gasteiger partial charge is 0.345 e. The molecule has 13 heteroatoms. The lowest BCUT2D eigenvalue weighted by molar-refractivity contribution is 0.0702. The number of ether oxygens (including phenoxy) is 1. The largest absolute Gasteiger partial charge is 0.477 e. The van der Waals surface area contributed by atoms with Gasteiger partial charge in [0.15, 0.2) is 0 Å². The molecule has 6 rings (SSSR count). The number of pyridine rings is 1. The highest BCUT2D eigenvalue weighted by Crippen LogP contribution is 2.29. The van der Waals surface area contributed by atoms with Crippen LogP contribution in [0, 0.1) is 5.82 Å². The first-order valence-electron chi connectivity index (χ1n) is 14.3. The van der Waals surface area contributed by atoms with Gasteiger partial charge in [-0.1, -0.05) is 23.7 Å². The Balaban J connectivity index is 1.17. The number of aromatic carboxylic acids is 1. The minimum atomic E-state index is -1.08. The van der Waals surface area contributed by atoms with Crippen LogP contribution >= 0.6 is 22.9 Å². The molecule has 0 unspecified atom stereocenters. The van der Waals surface area contributed by atoms with Gasteiger partial charge < -0.3 is 14.4 Å². The minimum absolute atomic E-state index is 0.0497. The average molecular weight is 637 g/mol. The molecule has 0 aliphatic carbocycles. The summed E-state index contributed by atoms with van der Waals surface area (Å²) in [6, 6.07) is 11.6. The molecule has 44 heavy (non-hydrogen) atoms. The molecule has 0 radical (unpaired) electrons. The first-order chi connectivity index (χ1) is 21.3. The van der Waals surface area contributed by atoms with Crippen LogP contribution in [0.4, 0.5) is 4.39 Å². The lowest BCUT2D eigenvalue weighted by Crippen LogP contribution is -2.36. The molecule has 0 amide bonds. The van der Waals surface area contributed by atoms with E-state index in [1.54, 1.807) is 35.3 Å². The zero-order valence-electron chi connectivity index (χ0n) is 23.9. The number of aryl methyl sites for hydroxylation is 1. The van der Waals surface area contributed by atoms with Gasteiger partial charge in [-0.05, 0) is 57.1 Å². The summed E-state index contributed by atoms with van der Waals surface area (Å²) in [5.74, 6) is -0.260. The van der Waals surface area contributed by atoms with Crippen LogP contribution in [0.1, 0.15) is 58.1 Å². The monoisotopic (exact) mass is 636 g/mol. The van der Waals surface area contributed by atoms with Gasteiger partial charge in [0.05, 0.1) is 30.6 Å². The van der Waals surface area contributed by atoms with Gasteiger partial charge in [0, 0.05) is 41.0 Å². The maximum absolute atomic E-state index is 14.2. The molecule has 228 valence electrons. The second kappa shape index (κ2) is 12.8. The van der Waals surface area contributed by atoms with Crippen molar-refractivity contribution in [2.75, 3.05) is 13.1 Å². The number of carboxylic acid groups (broad SMARTS) is 1. The van der Waals surface area contributed by atoms with E-state index in [2.05, 4.69) is 9.88 Å². The van der Waals surface area contributed by atoms with Gasteiger partial charge in [-0.15, -0.1) is 11.3 Å². The second-order valence-electron chi connectivity index (χ2n) is 10.7. The fraction of sp³-hybridized carbons (Fsp3) is 0.323. The van der Waals surface area contributed by atoms with Gasteiger partial charge in [0.25, 0.3) is 5.56 Å². The van der Waals surface area contributed by atoms with E-state index in [0.717, 1.165) is 48.7 Å². The number of hydrogen-bond acceptors (Lipinski definition) is 8. The molecule has 4 aromatic heterocycles. The fourth-order valence-electron chi connectivity index (χ4n) is 5.49. The number of hydrogen-bond donors (Lipinski definition) is 1. The lowest BCUT2D eigenvalue weighted by Gasteiger charge is -2.32. The Morgan fingerprint density at radius 1 is 1.16 bits per heavy atom. The Kier molecular flexibility index (Phi) is 8.74. The number of halogens is 2. The van der Waals surface area contributed by atoms with Gasteiger partial charge >= 0.3 is 5.97 Å². The molecular weight excluding hydrogens is 607 g/mol. The molecule has 1 aromatic carbocycles. The summed E-state index contributed by atoms with van der Waals surface area (Å²) >= 11 is 6.80. The van der Waals surface area contributed by atoms with Crippen molar-refractivity contribution in [2.24, 2.45) is 0 Å². The van der Waals surface area contributed by atoms with Crippen molar-refractivity contribution in [3.63, 3.8) is 0 Å². The maximum Gasteiger partial charge on any atom is 0.345 e. The standard InChI is InChI=1S/C31H30ClFN6O4S/c1-2-38-18-34-14-22(38)15-39-27(35-25-13-26(31(41)42)44-29(25)30(39)40)16-37-10-8-19(9-11-37)24-4-3-5-28(36-24)43-17-20-6-7-21(32)12-23(20)33/h3-7,12-14,18-19H,2,8-11,15-17H2,1H3,(H,41,42). The minimum Gasteiger partial charge on any atom is -0.477 e. The quantitative estimate of drug-likeness (QED) is 0.212. The van der Waals surface area contributed by atoms with Crippen molar-refractivity contribution in [3.8, 4) is 5.88 Å². The van der Waals surface area contributed by atoms with Crippen molar-refractivity contribution in [1.29, 1.82) is 0 Å². The Morgan fingerprint density at radius 3 is 2.73 bits per heavy atom. The maximum atomic E-state index is 14.2. The number of carbonyl (C=O) groups is 1. The number of benzene rings is 1. The normalized spacial score (nSPS) is 14.3. The summed E-state index contributed by atoms with van der Waals surface area (Å²) in [6.45, 7) is 5.03. The van der Waals surface area contributed by atoms with E-state index in [1.165, 1.54) is 12.1 Å². The number of piperidine rings is 1. The van der Waals surface area contributed by atoms with Crippen LogP contribution in [0.5, 0.6) is 5.88 Å². The van der Waals surface area contributed by atoms with Crippen molar-refractivity contribution in [1.82, 2.24) is 29.0 Å². The zero-order chi connectivity index (χ0) is 30.8. The van der Waals surface area contributed by atoms with E-state index < -0.39 is 11.8 Å². The summed E-state index contributed by atoms with van der Waals surface area (Å²) in [5.41, 5.74) is 2.35. The van der Waals surface area contributed by atoms with Gasteiger partial charge in [0.1, 0.15) is 27.8 Å². The number of likely N-dealkylation sites (tertiary alicyclic amines) is 1. The van der Waals surface area contributed by atoms with Crippen LogP contribution in [0.3, 0.4) is 0 Å². The molecular formula is C31H30ClFN6O4S. The molecule has 5 heterocycles. The molecule has 0 atom stereocenters. The summed E-state index contributed by atoms with van der Waals surface area (Å²) in [7, 11) is 0. The zero-order valence-corrected chi connectivity index (χ0v) is 25.5. The van der Waals surface area contributed by atoms with Crippen molar-refractivity contribution < 1.29 is 19.0 Å². The number of rotatable bonds is 10. The van der Waals surface area contributed by atoms with E-state index in [4.69, 9.17) is 26.3 Å². The molecule has 1 aliphatic rings. The van der Waals surface area contributed by atoms with E-state index in [9.17, 15) is 19.1 Å². The average Bonchev–Trinajstić information content (AvgIpc) is 3.66. The molecule has 1 fully saturated rings. The van der Waals surface area contributed by atoms with E-state index in [-0.39, 0.29) is 23.0 Å². The van der Waals surface area contributed by atoms with Crippen molar-refractivity contribution >= 4 is 39.1 Å². The van der Waals surface area contributed by atoms with Gasteiger partial charge in [-0.3, -0.25) is 14.3 Å². The highest BCUT2D eigenvalue weighted by Gasteiger charge is 2.25. The van der Waals surface area contributed by atoms with E-state index in [0.29, 0.717) is 52.1 Å². The molecule has 0 spiro atoms. The third kappa shape index (κ3) is 6.37. The van der Waals surface area contributed by atoms with Crippen molar-refractivity contribution in [2.45, 2.75) is 51.9 Å². The highest BCUT2D eigenvalue weighted by molar-refractivity contribution is 7.20. The van der Waals surface area contributed by atoms with Gasteiger partial charge in [-0.25, -0.2) is 24.1 Å². The Bertz CT molecular complexity index is 1880. The van der Waals surface area contributed by atoms with E-state index >= 15 is 0 Å². The Labute approximate surface area is 261 Å². The number of nitrogens with zero attached hydrogens (tertiary/aromatic N) is 6. The van der Waals surface area contributed by atoms with Crippen LogP contribution in [0.25, 0.3) is 10.2 Å². The van der Waals surface area contributed by atoms with Crippen LogP contribution in [0.15, 0.2) is 59.8 Å². The highest BCUT2D eigenvalue weighted by atomic mass is 35.5. The predicted octanol–water partition coefficient (Wildman–Crippen LogP) is 5.57. The number of fused-ring (bicyclic) bond motifs is 1. The third-order valence-corrected chi connectivity index (χ3v) is 9.23. The number of carboxylic acids is 1. The van der Waals surface area contributed by atoms with Crippen LogP contribution in [0.2, 0.25) is 5.02 Å². The van der Waals surface area contributed by atoms with Crippen LogP contribution in [-0.4, -0.2) is 53.2 Å². The SMILES string of the molecule is CCn1cncc1Cn1c(CN2CCC(c3cccc(OCc4ccc(Cl)cc4F)n3)CC2)nc2cc(C(=O)O)sc2c1=O. The number of aromatic nitrogens is 5. The topological polar surface area (TPSA) is 115 Å². The molecule has 1 N–H and O–H groups in total. The molecule has 0 bridgehead atoms. The molecule has 5 aromatic rings. The lowest BCUT2D eigenvalue weighted by atomic mass is 9.93. The predicted molar refractivity (Wildman–Crippen MR) is 165 cm³/mol. The molecule has 0 saturated carbocycles. The van der Waals surface area contributed by atoms with E-state index in [1.807, 2.05) is 23.6 Å². The van der Waals surface area contributed by atoms with Crippen LogP contribution < -0.4 is 10.3 Å². The first kappa shape index (κ1) is 29.9. The Morgan fingerprint density at radius 2 is 1.98 bits per heavy atom. The molecule has 1 saturated heterocycles. The van der Waals surface area contributed by atoms with Gasteiger partial charge in [0.2, 0.25) is 5.88 Å². The summed E-state index contributed by atoms with van der Waals surface area (Å²) in [4.78, 5) is 41.3. The number of imidazole rings is 1. The Hall–Kier alpha value is -4.13. The fourth-order valence-corrected chi connectivity index (χ4v) is 6.53.